The molecule has 0 amide bonds. The maximum absolute atomic E-state index is 8.99. The van der Waals surface area contributed by atoms with Gasteiger partial charge in [0.15, 0.2) is 0 Å². The predicted molar refractivity (Wildman–Crippen MR) is 97.9 cm³/mol. The average Bonchev–Trinajstić information content (AvgIpc) is 2.60. The summed E-state index contributed by atoms with van der Waals surface area (Å²) in [5.41, 5.74) is 3.50. The molecule has 1 aromatic heterocycles. The third kappa shape index (κ3) is 4.56. The van der Waals surface area contributed by atoms with Crippen LogP contribution in [0.15, 0.2) is 48.7 Å². The van der Waals surface area contributed by atoms with Gasteiger partial charge in [0.05, 0.1) is 5.69 Å². The van der Waals surface area contributed by atoms with Gasteiger partial charge in [0.2, 0.25) is 0 Å². The number of rotatable bonds is 6. The molecule has 4 nitrogen and oxygen atoms in total. The van der Waals surface area contributed by atoms with Crippen molar-refractivity contribution in [2.75, 3.05) is 25.0 Å². The highest BCUT2D eigenvalue weighted by Crippen LogP contribution is 2.22. The Morgan fingerprint density at radius 1 is 1.21 bits per heavy atom. The van der Waals surface area contributed by atoms with Crippen LogP contribution in [0.3, 0.4) is 0 Å². The normalized spacial score (nSPS) is 21.6. The number of piperidine rings is 1. The van der Waals surface area contributed by atoms with Gasteiger partial charge in [0, 0.05) is 44.2 Å². The second kappa shape index (κ2) is 8.27. The molecule has 1 aliphatic heterocycles. The first-order chi connectivity index (χ1) is 11.7. The van der Waals surface area contributed by atoms with Gasteiger partial charge in [-0.15, -0.1) is 0 Å². The van der Waals surface area contributed by atoms with Crippen LogP contribution in [0, 0.1) is 5.92 Å². The number of anilines is 1. The lowest BCUT2D eigenvalue weighted by molar-refractivity contribution is 0.163. The molecular weight excluding hydrogens is 298 g/mol. The second-order valence-electron chi connectivity index (χ2n) is 6.74. The number of likely N-dealkylation sites (tertiary alicyclic amines) is 1. The molecule has 4 heteroatoms. The average molecular weight is 325 g/mol. The highest BCUT2D eigenvalue weighted by molar-refractivity contribution is 5.45. The number of nitrogens with zero attached hydrogens (tertiary/aromatic N) is 2. The molecule has 2 atom stereocenters. The van der Waals surface area contributed by atoms with E-state index in [2.05, 4.69) is 58.5 Å². The quantitative estimate of drug-likeness (QED) is 0.857. The molecule has 1 saturated heterocycles. The maximum Gasteiger partial charge on any atom is 0.0543 e. The Kier molecular flexibility index (Phi) is 5.83. The van der Waals surface area contributed by atoms with Crippen molar-refractivity contribution < 1.29 is 5.11 Å². The first kappa shape index (κ1) is 16.9. The molecule has 0 spiro atoms. The summed E-state index contributed by atoms with van der Waals surface area (Å²) in [4.78, 5) is 6.93. The van der Waals surface area contributed by atoms with Crippen molar-refractivity contribution in [1.82, 2.24) is 9.88 Å². The Balaban J connectivity index is 1.52. The van der Waals surface area contributed by atoms with Crippen molar-refractivity contribution in [2.24, 2.45) is 5.92 Å². The Morgan fingerprint density at radius 3 is 2.71 bits per heavy atom. The van der Waals surface area contributed by atoms with Crippen LogP contribution in [0.1, 0.15) is 24.6 Å². The largest absolute Gasteiger partial charge is 0.396 e. The standard InChI is InChI=1S/C20H27N3O/c1-16-14-23(15-19-4-2-3-11-21-19)12-9-20(16)22-18-7-5-17(6-8-18)10-13-24/h2-8,11,16,20,22,24H,9-10,12-15H2,1H3/t16-,20-/m0/s1. The third-order valence-electron chi connectivity index (χ3n) is 4.81. The number of nitrogens with one attached hydrogen (secondary N) is 1. The summed E-state index contributed by atoms with van der Waals surface area (Å²) in [5.74, 6) is 0.597. The van der Waals surface area contributed by atoms with Crippen LogP contribution in [0.4, 0.5) is 5.69 Å². The summed E-state index contributed by atoms with van der Waals surface area (Å²) in [6.07, 6.45) is 3.74. The minimum atomic E-state index is 0.207. The van der Waals surface area contributed by atoms with E-state index in [9.17, 15) is 0 Å². The smallest absolute Gasteiger partial charge is 0.0543 e. The highest BCUT2D eigenvalue weighted by Gasteiger charge is 2.26. The fourth-order valence-electron chi connectivity index (χ4n) is 3.42. The van der Waals surface area contributed by atoms with E-state index in [0.717, 1.165) is 38.2 Å². The molecule has 1 fully saturated rings. The summed E-state index contributed by atoms with van der Waals surface area (Å²) in [5, 5.41) is 12.7. The molecule has 2 aromatic rings. The minimum Gasteiger partial charge on any atom is -0.396 e. The Hall–Kier alpha value is -1.91. The topological polar surface area (TPSA) is 48.4 Å². The van der Waals surface area contributed by atoms with Crippen LogP contribution in [-0.2, 0) is 13.0 Å². The Morgan fingerprint density at radius 2 is 2.04 bits per heavy atom. The van der Waals surface area contributed by atoms with E-state index >= 15 is 0 Å². The molecule has 0 unspecified atom stereocenters. The first-order valence-corrected chi connectivity index (χ1v) is 8.83. The van der Waals surface area contributed by atoms with Crippen LogP contribution in [0.5, 0.6) is 0 Å². The molecule has 0 radical (unpaired) electrons. The maximum atomic E-state index is 8.99. The zero-order valence-corrected chi connectivity index (χ0v) is 14.4. The Labute approximate surface area is 144 Å². The van der Waals surface area contributed by atoms with Crippen molar-refractivity contribution >= 4 is 5.69 Å². The minimum absolute atomic E-state index is 0.207. The molecule has 0 aliphatic carbocycles. The number of pyridine rings is 1. The lowest BCUT2D eigenvalue weighted by atomic mass is 9.93. The fraction of sp³-hybridized carbons (Fsp3) is 0.450. The van der Waals surface area contributed by atoms with Crippen molar-refractivity contribution in [3.05, 3.63) is 59.9 Å². The lowest BCUT2D eigenvalue weighted by Gasteiger charge is -2.37. The zero-order valence-electron chi connectivity index (χ0n) is 14.4. The molecule has 1 aromatic carbocycles. The molecule has 0 saturated carbocycles. The van der Waals surface area contributed by atoms with Crippen molar-refractivity contribution in [1.29, 1.82) is 0 Å². The van der Waals surface area contributed by atoms with E-state index in [4.69, 9.17) is 5.11 Å². The van der Waals surface area contributed by atoms with Crippen molar-refractivity contribution in [3.63, 3.8) is 0 Å². The molecular formula is C20H27N3O. The molecule has 3 rings (SSSR count). The highest BCUT2D eigenvalue weighted by atomic mass is 16.2. The van der Waals surface area contributed by atoms with Gasteiger partial charge < -0.3 is 10.4 Å². The molecule has 0 bridgehead atoms. The molecule has 2 heterocycles. The summed E-state index contributed by atoms with van der Waals surface area (Å²) < 4.78 is 0. The van der Waals surface area contributed by atoms with Crippen molar-refractivity contribution in [2.45, 2.75) is 32.4 Å². The zero-order chi connectivity index (χ0) is 16.8. The molecule has 2 N–H and O–H groups in total. The molecule has 1 aliphatic rings. The van der Waals surface area contributed by atoms with E-state index in [1.54, 1.807) is 0 Å². The number of benzene rings is 1. The number of aromatic nitrogens is 1. The van der Waals surface area contributed by atoms with Crippen LogP contribution >= 0.6 is 0 Å². The van der Waals surface area contributed by atoms with E-state index in [0.29, 0.717) is 12.0 Å². The SMILES string of the molecule is C[C@H]1CN(Cc2ccccn2)CC[C@@H]1Nc1ccc(CCO)cc1. The Bertz CT molecular complexity index is 615. The van der Waals surface area contributed by atoms with E-state index in [1.165, 1.54) is 11.3 Å². The van der Waals surface area contributed by atoms with Gasteiger partial charge in [-0.3, -0.25) is 9.88 Å². The number of hydrogen-bond acceptors (Lipinski definition) is 4. The summed E-state index contributed by atoms with van der Waals surface area (Å²) in [7, 11) is 0. The van der Waals surface area contributed by atoms with Gasteiger partial charge in [-0.05, 0) is 48.6 Å². The summed E-state index contributed by atoms with van der Waals surface area (Å²) in [6, 6.07) is 15.1. The summed E-state index contributed by atoms with van der Waals surface area (Å²) >= 11 is 0. The van der Waals surface area contributed by atoms with Crippen LogP contribution < -0.4 is 5.32 Å². The molecule has 128 valence electrons. The monoisotopic (exact) mass is 325 g/mol. The van der Waals surface area contributed by atoms with Gasteiger partial charge in [-0.2, -0.15) is 0 Å². The predicted octanol–water partition coefficient (Wildman–Crippen LogP) is 2.94. The summed E-state index contributed by atoms with van der Waals surface area (Å²) in [6.45, 7) is 5.66. The van der Waals surface area contributed by atoms with Gasteiger partial charge in [-0.25, -0.2) is 0 Å². The number of aliphatic hydroxyl groups is 1. The van der Waals surface area contributed by atoms with Crippen LogP contribution in [-0.4, -0.2) is 40.7 Å². The third-order valence-corrected chi connectivity index (χ3v) is 4.81. The van der Waals surface area contributed by atoms with Gasteiger partial charge in [0.25, 0.3) is 0 Å². The van der Waals surface area contributed by atoms with E-state index < -0.39 is 0 Å². The van der Waals surface area contributed by atoms with Crippen molar-refractivity contribution in [3.8, 4) is 0 Å². The molecule has 24 heavy (non-hydrogen) atoms. The van der Waals surface area contributed by atoms with Gasteiger partial charge >= 0.3 is 0 Å². The van der Waals surface area contributed by atoms with Gasteiger partial charge in [0.1, 0.15) is 0 Å². The fourth-order valence-corrected chi connectivity index (χ4v) is 3.42. The number of hydrogen-bond donors (Lipinski definition) is 2. The first-order valence-electron chi connectivity index (χ1n) is 8.83. The van der Waals surface area contributed by atoms with Crippen LogP contribution in [0.2, 0.25) is 0 Å². The van der Waals surface area contributed by atoms with E-state index in [-0.39, 0.29) is 6.61 Å². The van der Waals surface area contributed by atoms with Gasteiger partial charge in [-0.1, -0.05) is 25.1 Å². The van der Waals surface area contributed by atoms with E-state index in [1.807, 2.05) is 12.3 Å². The number of aliphatic hydroxyl groups excluding tert-OH is 1. The van der Waals surface area contributed by atoms with Crippen LogP contribution in [0.25, 0.3) is 0 Å². The second-order valence-corrected chi connectivity index (χ2v) is 6.74. The lowest BCUT2D eigenvalue weighted by Crippen LogP contribution is -2.44.